The SMILES string of the molecule is O=C(O)c1ccccc1CS(=O)(=O)NCc1ccccc1. The van der Waals surface area contributed by atoms with Gasteiger partial charge in [0.05, 0.1) is 11.3 Å². The number of carboxylic acids is 1. The minimum absolute atomic E-state index is 0.00239. The first-order chi connectivity index (χ1) is 9.98. The molecule has 110 valence electrons. The fourth-order valence-electron chi connectivity index (χ4n) is 1.90. The minimum Gasteiger partial charge on any atom is -0.478 e. The zero-order valence-corrected chi connectivity index (χ0v) is 12.0. The standard InChI is InChI=1S/C15H15NO4S/c17-15(18)14-9-5-4-8-13(14)11-21(19,20)16-10-12-6-2-1-3-7-12/h1-9,16H,10-11H2,(H,17,18). The Morgan fingerprint density at radius 2 is 1.62 bits per heavy atom. The van der Waals surface area contributed by atoms with Crippen LogP contribution < -0.4 is 4.72 Å². The van der Waals surface area contributed by atoms with Crippen LogP contribution in [-0.4, -0.2) is 19.5 Å². The lowest BCUT2D eigenvalue weighted by Crippen LogP contribution is -2.25. The van der Waals surface area contributed by atoms with Crippen molar-refractivity contribution in [2.75, 3.05) is 0 Å². The Morgan fingerprint density at radius 1 is 1.00 bits per heavy atom. The highest BCUT2D eigenvalue weighted by Gasteiger charge is 2.16. The minimum atomic E-state index is -3.60. The number of carbonyl (C=O) groups is 1. The van der Waals surface area contributed by atoms with Crippen LogP contribution in [-0.2, 0) is 22.3 Å². The quantitative estimate of drug-likeness (QED) is 0.855. The fraction of sp³-hybridized carbons (Fsp3) is 0.133. The highest BCUT2D eigenvalue weighted by atomic mass is 32.2. The molecule has 0 fully saturated rings. The van der Waals surface area contributed by atoms with Crippen molar-refractivity contribution < 1.29 is 18.3 Å². The van der Waals surface area contributed by atoms with Crippen LogP contribution in [0, 0.1) is 0 Å². The summed E-state index contributed by atoms with van der Waals surface area (Å²) in [5.74, 6) is -1.49. The van der Waals surface area contributed by atoms with Gasteiger partial charge in [-0.15, -0.1) is 0 Å². The number of hydrogen-bond donors (Lipinski definition) is 2. The molecule has 6 heteroatoms. The van der Waals surface area contributed by atoms with E-state index in [9.17, 15) is 13.2 Å². The number of sulfonamides is 1. The van der Waals surface area contributed by atoms with Gasteiger partial charge >= 0.3 is 5.97 Å². The summed E-state index contributed by atoms with van der Waals surface area (Å²) >= 11 is 0. The highest BCUT2D eigenvalue weighted by molar-refractivity contribution is 7.88. The molecule has 0 saturated heterocycles. The van der Waals surface area contributed by atoms with Gasteiger partial charge in [0, 0.05) is 6.54 Å². The van der Waals surface area contributed by atoms with Gasteiger partial charge in [0.15, 0.2) is 0 Å². The molecule has 2 N–H and O–H groups in total. The number of carboxylic acid groups (broad SMARTS) is 1. The van der Waals surface area contributed by atoms with E-state index in [1.165, 1.54) is 12.1 Å². The molecule has 0 saturated carbocycles. The third-order valence-electron chi connectivity index (χ3n) is 2.93. The van der Waals surface area contributed by atoms with E-state index in [-0.39, 0.29) is 23.4 Å². The van der Waals surface area contributed by atoms with E-state index in [0.717, 1.165) is 5.56 Å². The monoisotopic (exact) mass is 305 g/mol. The molecule has 2 aromatic carbocycles. The van der Waals surface area contributed by atoms with E-state index < -0.39 is 16.0 Å². The first-order valence-electron chi connectivity index (χ1n) is 6.30. The average Bonchev–Trinajstić information content (AvgIpc) is 2.46. The van der Waals surface area contributed by atoms with Crippen molar-refractivity contribution >= 4 is 16.0 Å². The van der Waals surface area contributed by atoms with Crippen molar-refractivity contribution in [2.45, 2.75) is 12.3 Å². The zero-order chi connectivity index (χ0) is 15.3. The summed E-state index contributed by atoms with van der Waals surface area (Å²) in [6.45, 7) is 0.179. The van der Waals surface area contributed by atoms with Gasteiger partial charge in [0.25, 0.3) is 0 Å². The lowest BCUT2D eigenvalue weighted by atomic mass is 10.1. The van der Waals surface area contributed by atoms with E-state index in [2.05, 4.69) is 4.72 Å². The molecule has 0 aromatic heterocycles. The van der Waals surface area contributed by atoms with Gasteiger partial charge in [-0.1, -0.05) is 48.5 Å². The van der Waals surface area contributed by atoms with Crippen LogP contribution in [0.5, 0.6) is 0 Å². The zero-order valence-electron chi connectivity index (χ0n) is 11.2. The topological polar surface area (TPSA) is 83.5 Å². The third-order valence-corrected chi connectivity index (χ3v) is 4.21. The summed E-state index contributed by atoms with van der Waals surface area (Å²) < 4.78 is 26.6. The van der Waals surface area contributed by atoms with Crippen LogP contribution in [0.25, 0.3) is 0 Å². The summed E-state index contributed by atoms with van der Waals surface area (Å²) in [6, 6.07) is 15.2. The predicted octanol–water partition coefficient (Wildman–Crippen LogP) is 2.00. The molecule has 0 aliphatic carbocycles. The van der Waals surface area contributed by atoms with Gasteiger partial charge in [-0.05, 0) is 17.2 Å². The molecule has 0 spiro atoms. The second-order valence-corrected chi connectivity index (χ2v) is 6.33. The summed E-state index contributed by atoms with van der Waals surface area (Å²) in [4.78, 5) is 11.1. The van der Waals surface area contributed by atoms with Crippen LogP contribution in [0.4, 0.5) is 0 Å². The van der Waals surface area contributed by atoms with Crippen LogP contribution in [0.1, 0.15) is 21.5 Å². The Balaban J connectivity index is 2.10. The molecule has 0 heterocycles. The molecule has 0 aliphatic heterocycles. The maximum atomic E-state index is 12.0. The molecule has 0 bridgehead atoms. The van der Waals surface area contributed by atoms with Gasteiger partial charge in [0.1, 0.15) is 0 Å². The first-order valence-corrected chi connectivity index (χ1v) is 7.95. The van der Waals surface area contributed by atoms with E-state index in [4.69, 9.17) is 5.11 Å². The Morgan fingerprint density at radius 3 is 2.29 bits per heavy atom. The largest absolute Gasteiger partial charge is 0.478 e. The van der Waals surface area contributed by atoms with E-state index >= 15 is 0 Å². The van der Waals surface area contributed by atoms with Gasteiger partial charge in [-0.25, -0.2) is 17.9 Å². The molecular weight excluding hydrogens is 290 g/mol. The van der Waals surface area contributed by atoms with Crippen LogP contribution >= 0.6 is 0 Å². The second-order valence-electron chi connectivity index (χ2n) is 4.53. The van der Waals surface area contributed by atoms with Gasteiger partial charge in [-0.2, -0.15) is 0 Å². The molecule has 2 aromatic rings. The van der Waals surface area contributed by atoms with Crippen LogP contribution in [0.15, 0.2) is 54.6 Å². The van der Waals surface area contributed by atoms with Crippen LogP contribution in [0.3, 0.4) is 0 Å². The maximum absolute atomic E-state index is 12.0. The smallest absolute Gasteiger partial charge is 0.335 e. The molecule has 0 unspecified atom stereocenters. The number of aromatic carboxylic acids is 1. The van der Waals surface area contributed by atoms with Crippen molar-refractivity contribution in [1.82, 2.24) is 4.72 Å². The number of rotatable bonds is 6. The second kappa shape index (κ2) is 6.51. The van der Waals surface area contributed by atoms with E-state index in [0.29, 0.717) is 0 Å². The molecule has 0 atom stereocenters. The Labute approximate surface area is 123 Å². The number of nitrogens with one attached hydrogen (secondary N) is 1. The lowest BCUT2D eigenvalue weighted by molar-refractivity contribution is 0.0696. The average molecular weight is 305 g/mol. The summed E-state index contributed by atoms with van der Waals surface area (Å²) in [7, 11) is -3.60. The molecular formula is C15H15NO4S. The van der Waals surface area contributed by atoms with Crippen LogP contribution in [0.2, 0.25) is 0 Å². The number of hydrogen-bond acceptors (Lipinski definition) is 3. The van der Waals surface area contributed by atoms with Crippen molar-refractivity contribution in [1.29, 1.82) is 0 Å². The Kier molecular flexibility index (Phi) is 4.72. The third kappa shape index (κ3) is 4.40. The van der Waals surface area contributed by atoms with E-state index in [1.54, 1.807) is 12.1 Å². The van der Waals surface area contributed by atoms with Crippen molar-refractivity contribution in [3.63, 3.8) is 0 Å². The van der Waals surface area contributed by atoms with Crippen molar-refractivity contribution in [3.05, 3.63) is 71.3 Å². The van der Waals surface area contributed by atoms with E-state index in [1.807, 2.05) is 30.3 Å². The first kappa shape index (κ1) is 15.2. The molecule has 0 radical (unpaired) electrons. The normalized spacial score (nSPS) is 11.2. The summed E-state index contributed by atoms with van der Waals surface area (Å²) in [6.07, 6.45) is 0. The Bertz CT molecular complexity index is 726. The molecule has 5 nitrogen and oxygen atoms in total. The molecule has 0 amide bonds. The van der Waals surface area contributed by atoms with Crippen molar-refractivity contribution in [3.8, 4) is 0 Å². The van der Waals surface area contributed by atoms with Gasteiger partial charge < -0.3 is 5.11 Å². The summed E-state index contributed by atoms with van der Waals surface area (Å²) in [5, 5.41) is 9.06. The fourth-order valence-corrected chi connectivity index (χ4v) is 3.05. The Hall–Kier alpha value is -2.18. The molecule has 21 heavy (non-hydrogen) atoms. The van der Waals surface area contributed by atoms with Gasteiger partial charge in [0.2, 0.25) is 10.0 Å². The lowest BCUT2D eigenvalue weighted by Gasteiger charge is -2.09. The molecule has 2 rings (SSSR count). The molecule has 0 aliphatic rings. The van der Waals surface area contributed by atoms with Crippen molar-refractivity contribution in [2.24, 2.45) is 0 Å². The predicted molar refractivity (Wildman–Crippen MR) is 79.3 cm³/mol. The summed E-state index contributed by atoms with van der Waals surface area (Å²) in [5.41, 5.74) is 1.11. The maximum Gasteiger partial charge on any atom is 0.335 e. The van der Waals surface area contributed by atoms with Gasteiger partial charge in [-0.3, -0.25) is 0 Å². The highest BCUT2D eigenvalue weighted by Crippen LogP contribution is 2.12. The number of benzene rings is 2.